The zero-order valence-electron chi connectivity index (χ0n) is 10.8. The van der Waals surface area contributed by atoms with E-state index in [4.69, 9.17) is 0 Å². The summed E-state index contributed by atoms with van der Waals surface area (Å²) in [5, 5.41) is 9.96. The molecule has 1 nitrogen and oxygen atoms in total. The zero-order valence-corrected chi connectivity index (χ0v) is 12.4. The second-order valence-corrected chi connectivity index (χ2v) is 8.99. The fourth-order valence-electron chi connectivity index (χ4n) is 3.86. The van der Waals surface area contributed by atoms with E-state index >= 15 is 0 Å². The van der Waals surface area contributed by atoms with Crippen molar-refractivity contribution >= 4 is 23.5 Å². The predicted octanol–water partition coefficient (Wildman–Crippen LogP) is 3.68. The number of fused-ring (bicyclic) bond motifs is 1. The van der Waals surface area contributed by atoms with Gasteiger partial charge in [-0.2, -0.15) is 0 Å². The Kier molecular flexibility index (Phi) is 3.08. The lowest BCUT2D eigenvalue weighted by atomic mass is 9.65. The molecule has 1 fully saturated rings. The Hall–Kier alpha value is 0.400. The molecule has 1 spiro atoms. The molecule has 3 aliphatic rings. The first-order valence-electron chi connectivity index (χ1n) is 6.74. The molecule has 1 heterocycles. The van der Waals surface area contributed by atoms with Crippen molar-refractivity contribution < 1.29 is 5.11 Å². The molecule has 17 heavy (non-hydrogen) atoms. The fourth-order valence-corrected chi connectivity index (χ4v) is 7.55. The van der Waals surface area contributed by atoms with E-state index in [-0.39, 0.29) is 5.41 Å². The fraction of sp³-hybridized carbons (Fsp3) is 0.857. The minimum absolute atomic E-state index is 0.0500. The van der Waals surface area contributed by atoms with Gasteiger partial charge in [-0.1, -0.05) is 19.4 Å². The third-order valence-corrected chi connectivity index (χ3v) is 8.64. The monoisotopic (exact) mass is 270 g/mol. The van der Waals surface area contributed by atoms with Crippen LogP contribution >= 0.6 is 23.5 Å². The Morgan fingerprint density at radius 3 is 2.65 bits per heavy atom. The van der Waals surface area contributed by atoms with Crippen LogP contribution in [0.3, 0.4) is 0 Å². The number of allylic oxidation sites excluding steroid dienone is 1. The Bertz CT molecular complexity index is 357. The van der Waals surface area contributed by atoms with Gasteiger partial charge in [0.1, 0.15) is 0 Å². The SMILES string of the molecule is C[C@@H]1CCC2=C(C3(CC2)SCCS3)[C@]1(C)CO. The van der Waals surface area contributed by atoms with Crippen LogP contribution < -0.4 is 0 Å². The molecule has 0 unspecified atom stereocenters. The van der Waals surface area contributed by atoms with Crippen molar-refractivity contribution in [3.63, 3.8) is 0 Å². The van der Waals surface area contributed by atoms with E-state index in [1.54, 1.807) is 11.1 Å². The van der Waals surface area contributed by atoms with Crippen molar-refractivity contribution in [3.05, 3.63) is 11.1 Å². The Labute approximate surface area is 113 Å². The van der Waals surface area contributed by atoms with Crippen LogP contribution in [0.15, 0.2) is 11.1 Å². The van der Waals surface area contributed by atoms with Gasteiger partial charge in [0.2, 0.25) is 0 Å². The van der Waals surface area contributed by atoms with Gasteiger partial charge in [0.25, 0.3) is 0 Å². The molecule has 2 atom stereocenters. The quantitative estimate of drug-likeness (QED) is 0.734. The van der Waals surface area contributed by atoms with Gasteiger partial charge < -0.3 is 5.11 Å². The smallest absolute Gasteiger partial charge is 0.0832 e. The maximum atomic E-state index is 9.96. The van der Waals surface area contributed by atoms with Gasteiger partial charge in [-0.3, -0.25) is 0 Å². The molecule has 0 aromatic carbocycles. The molecule has 96 valence electrons. The number of thioether (sulfide) groups is 2. The first kappa shape index (κ1) is 12.4. The minimum atomic E-state index is 0.0500. The van der Waals surface area contributed by atoms with Crippen LogP contribution in [0.1, 0.15) is 39.5 Å². The average Bonchev–Trinajstić information content (AvgIpc) is 2.94. The molecule has 1 N–H and O–H groups in total. The van der Waals surface area contributed by atoms with Crippen LogP contribution in [-0.2, 0) is 0 Å². The molecule has 1 aliphatic heterocycles. The molecule has 3 heteroatoms. The topological polar surface area (TPSA) is 20.2 Å². The van der Waals surface area contributed by atoms with Crippen molar-refractivity contribution in [2.24, 2.45) is 11.3 Å². The molecule has 3 rings (SSSR count). The second-order valence-electron chi connectivity index (χ2n) is 5.94. The summed E-state index contributed by atoms with van der Waals surface area (Å²) in [5.74, 6) is 3.21. The van der Waals surface area contributed by atoms with Crippen molar-refractivity contribution in [3.8, 4) is 0 Å². The summed E-state index contributed by atoms with van der Waals surface area (Å²) < 4.78 is 0.349. The maximum absolute atomic E-state index is 9.96. The Morgan fingerprint density at radius 2 is 2.00 bits per heavy atom. The highest BCUT2D eigenvalue weighted by atomic mass is 32.2. The number of rotatable bonds is 1. The van der Waals surface area contributed by atoms with Crippen molar-refractivity contribution in [2.75, 3.05) is 18.1 Å². The van der Waals surface area contributed by atoms with Crippen molar-refractivity contribution in [1.82, 2.24) is 0 Å². The molecule has 0 radical (unpaired) electrons. The number of hydrogen-bond donors (Lipinski definition) is 1. The normalized spacial score (nSPS) is 40.1. The van der Waals surface area contributed by atoms with Gasteiger partial charge >= 0.3 is 0 Å². The van der Waals surface area contributed by atoms with Crippen LogP contribution in [0.2, 0.25) is 0 Å². The number of aliphatic hydroxyl groups excluding tert-OH is 1. The van der Waals surface area contributed by atoms with Gasteiger partial charge in [-0.25, -0.2) is 0 Å². The largest absolute Gasteiger partial charge is 0.395 e. The molecule has 1 saturated heterocycles. The standard InChI is InChI=1S/C14H22OS2/c1-10-3-4-11-5-6-14(16-7-8-17-14)12(11)13(10,2)9-15/h10,15H,3-9H2,1-2H3/t10-,13-/m1/s1. The van der Waals surface area contributed by atoms with Crippen molar-refractivity contribution in [1.29, 1.82) is 0 Å². The summed E-state index contributed by atoms with van der Waals surface area (Å²) in [6, 6.07) is 0. The Balaban J connectivity index is 2.07. The first-order valence-corrected chi connectivity index (χ1v) is 8.71. The molecule has 0 saturated carbocycles. The van der Waals surface area contributed by atoms with Gasteiger partial charge in [0.05, 0.1) is 10.7 Å². The highest BCUT2D eigenvalue weighted by molar-refractivity contribution is 8.21. The van der Waals surface area contributed by atoms with Crippen LogP contribution in [0.5, 0.6) is 0 Å². The zero-order chi connectivity index (χ0) is 12.1. The van der Waals surface area contributed by atoms with Gasteiger partial charge in [-0.15, -0.1) is 23.5 Å². The average molecular weight is 270 g/mol. The summed E-state index contributed by atoms with van der Waals surface area (Å²) in [4.78, 5) is 0. The number of hydrogen-bond acceptors (Lipinski definition) is 3. The molecule has 0 bridgehead atoms. The molecule has 0 aromatic rings. The maximum Gasteiger partial charge on any atom is 0.0832 e. The Morgan fingerprint density at radius 1 is 1.29 bits per heavy atom. The van der Waals surface area contributed by atoms with Crippen LogP contribution in [0.25, 0.3) is 0 Å². The molecule has 2 aliphatic carbocycles. The lowest BCUT2D eigenvalue weighted by Gasteiger charge is -2.45. The predicted molar refractivity (Wildman–Crippen MR) is 77.5 cm³/mol. The van der Waals surface area contributed by atoms with E-state index in [1.165, 1.54) is 37.2 Å². The van der Waals surface area contributed by atoms with E-state index in [2.05, 4.69) is 37.4 Å². The second kappa shape index (κ2) is 4.21. The first-order chi connectivity index (χ1) is 8.12. The third kappa shape index (κ3) is 1.65. The van der Waals surface area contributed by atoms with E-state index in [0.717, 1.165) is 0 Å². The van der Waals surface area contributed by atoms with Crippen LogP contribution in [0.4, 0.5) is 0 Å². The van der Waals surface area contributed by atoms with Gasteiger partial charge in [0.15, 0.2) is 0 Å². The van der Waals surface area contributed by atoms with E-state index in [9.17, 15) is 5.11 Å². The van der Waals surface area contributed by atoms with E-state index in [1.807, 2.05) is 0 Å². The van der Waals surface area contributed by atoms with E-state index < -0.39 is 0 Å². The summed E-state index contributed by atoms with van der Waals surface area (Å²) in [6.45, 7) is 4.96. The minimum Gasteiger partial charge on any atom is -0.395 e. The van der Waals surface area contributed by atoms with Crippen molar-refractivity contribution in [2.45, 2.75) is 43.6 Å². The van der Waals surface area contributed by atoms with Gasteiger partial charge in [-0.05, 0) is 37.2 Å². The van der Waals surface area contributed by atoms with Gasteiger partial charge in [0, 0.05) is 16.9 Å². The van der Waals surface area contributed by atoms with Crippen LogP contribution in [-0.4, -0.2) is 27.3 Å². The summed E-state index contributed by atoms with van der Waals surface area (Å²) in [6.07, 6.45) is 5.16. The highest BCUT2D eigenvalue weighted by Crippen LogP contribution is 2.65. The van der Waals surface area contributed by atoms with Crippen LogP contribution in [0, 0.1) is 11.3 Å². The molecule has 0 aromatic heterocycles. The lowest BCUT2D eigenvalue weighted by Crippen LogP contribution is -2.40. The molecular weight excluding hydrogens is 248 g/mol. The number of aliphatic hydroxyl groups is 1. The molecule has 0 amide bonds. The lowest BCUT2D eigenvalue weighted by molar-refractivity contribution is 0.106. The van der Waals surface area contributed by atoms with E-state index in [0.29, 0.717) is 16.6 Å². The highest BCUT2D eigenvalue weighted by Gasteiger charge is 2.54. The summed E-state index contributed by atoms with van der Waals surface area (Å²) >= 11 is 4.30. The molecular formula is C14H22OS2. The summed E-state index contributed by atoms with van der Waals surface area (Å²) in [7, 11) is 0. The summed E-state index contributed by atoms with van der Waals surface area (Å²) in [5.41, 5.74) is 3.40. The third-order valence-electron chi connectivity index (χ3n) is 5.11.